The molecule has 20 heavy (non-hydrogen) atoms. The first-order valence-electron chi connectivity index (χ1n) is 6.13. The molecule has 0 saturated heterocycles. The van der Waals surface area contributed by atoms with Crippen molar-refractivity contribution in [3.05, 3.63) is 23.8 Å². The predicted molar refractivity (Wildman–Crippen MR) is 77.8 cm³/mol. The van der Waals surface area contributed by atoms with Crippen molar-refractivity contribution in [1.29, 1.82) is 0 Å². The first-order valence-corrected chi connectivity index (χ1v) is 6.13. The van der Waals surface area contributed by atoms with Crippen LogP contribution in [0.3, 0.4) is 0 Å². The molecule has 0 unspecified atom stereocenters. The Morgan fingerprint density at radius 3 is 2.60 bits per heavy atom. The van der Waals surface area contributed by atoms with Crippen LogP contribution in [-0.2, 0) is 4.74 Å². The van der Waals surface area contributed by atoms with Gasteiger partial charge in [0.15, 0.2) is 0 Å². The van der Waals surface area contributed by atoms with Crippen LogP contribution in [0.4, 0.5) is 16.2 Å². The van der Waals surface area contributed by atoms with Crippen LogP contribution in [0.5, 0.6) is 0 Å². The molecular formula is C13H20N4O3. The fourth-order valence-electron chi connectivity index (χ4n) is 1.56. The van der Waals surface area contributed by atoms with Crippen molar-refractivity contribution in [2.45, 2.75) is 0 Å². The summed E-state index contributed by atoms with van der Waals surface area (Å²) in [7, 11) is 4.63. The highest BCUT2D eigenvalue weighted by Crippen LogP contribution is 2.23. The molecule has 4 N–H and O–H groups in total. The van der Waals surface area contributed by atoms with Crippen LogP contribution >= 0.6 is 0 Å². The zero-order valence-corrected chi connectivity index (χ0v) is 11.9. The van der Waals surface area contributed by atoms with Crippen LogP contribution in [-0.4, -0.2) is 51.2 Å². The Morgan fingerprint density at radius 1 is 1.30 bits per heavy atom. The van der Waals surface area contributed by atoms with Crippen molar-refractivity contribution >= 4 is 23.4 Å². The minimum absolute atomic E-state index is 0.180. The second-order valence-corrected chi connectivity index (χ2v) is 4.31. The summed E-state index contributed by atoms with van der Waals surface area (Å²) < 4.78 is 4.70. The molecule has 0 aromatic heterocycles. The van der Waals surface area contributed by atoms with Crippen molar-refractivity contribution in [2.75, 3.05) is 45.3 Å². The lowest BCUT2D eigenvalue weighted by atomic mass is 10.1. The monoisotopic (exact) mass is 280 g/mol. The molecule has 110 valence electrons. The molecule has 0 bridgehead atoms. The number of rotatable bonds is 5. The normalized spacial score (nSPS) is 9.75. The summed E-state index contributed by atoms with van der Waals surface area (Å²) >= 11 is 0. The van der Waals surface area contributed by atoms with E-state index in [1.54, 1.807) is 32.3 Å². The number of carbonyl (C=O) groups is 2. The molecule has 2 amide bonds. The van der Waals surface area contributed by atoms with Crippen LogP contribution in [0.1, 0.15) is 10.4 Å². The number of nitrogens with two attached hydrogens (primary N) is 1. The first-order chi connectivity index (χ1) is 9.47. The maximum Gasteiger partial charge on any atom is 0.340 e. The number of nitrogens with zero attached hydrogens (tertiary/aromatic N) is 1. The SMILES string of the molecule is COC(=O)c1cccc(N)c1NCCNC(=O)N(C)C. The predicted octanol–water partition coefficient (Wildman–Crippen LogP) is 0.738. The quantitative estimate of drug-likeness (QED) is 0.420. The van der Waals surface area contributed by atoms with E-state index in [4.69, 9.17) is 10.5 Å². The maximum absolute atomic E-state index is 11.6. The van der Waals surface area contributed by atoms with E-state index < -0.39 is 5.97 Å². The number of nitrogens with one attached hydrogen (secondary N) is 2. The molecule has 0 aliphatic rings. The lowest BCUT2D eigenvalue weighted by Crippen LogP contribution is -2.37. The number of hydrogen-bond donors (Lipinski definition) is 3. The van der Waals surface area contributed by atoms with E-state index in [2.05, 4.69) is 10.6 Å². The molecule has 0 spiro atoms. The zero-order valence-electron chi connectivity index (χ0n) is 11.9. The molecule has 0 radical (unpaired) electrons. The molecule has 0 aliphatic heterocycles. The van der Waals surface area contributed by atoms with Gasteiger partial charge in [0.25, 0.3) is 0 Å². The summed E-state index contributed by atoms with van der Waals surface area (Å²) in [4.78, 5) is 24.4. The lowest BCUT2D eigenvalue weighted by Gasteiger charge is -2.15. The van der Waals surface area contributed by atoms with Crippen LogP contribution < -0.4 is 16.4 Å². The summed E-state index contributed by atoms with van der Waals surface area (Å²) in [6.07, 6.45) is 0. The Balaban J connectivity index is 2.64. The highest BCUT2D eigenvalue weighted by atomic mass is 16.5. The second-order valence-electron chi connectivity index (χ2n) is 4.31. The number of amides is 2. The fourth-order valence-corrected chi connectivity index (χ4v) is 1.56. The van der Waals surface area contributed by atoms with Gasteiger partial charge in [-0.15, -0.1) is 0 Å². The summed E-state index contributed by atoms with van der Waals surface area (Å²) in [5, 5.41) is 5.73. The molecule has 7 nitrogen and oxygen atoms in total. The average Bonchev–Trinajstić information content (AvgIpc) is 2.43. The number of esters is 1. The number of ether oxygens (including phenoxy) is 1. The third kappa shape index (κ3) is 4.04. The largest absolute Gasteiger partial charge is 0.465 e. The van der Waals surface area contributed by atoms with Gasteiger partial charge in [-0.3, -0.25) is 0 Å². The molecule has 0 fully saturated rings. The Morgan fingerprint density at radius 2 is 2.00 bits per heavy atom. The van der Waals surface area contributed by atoms with E-state index in [1.165, 1.54) is 12.0 Å². The highest BCUT2D eigenvalue weighted by Gasteiger charge is 2.13. The van der Waals surface area contributed by atoms with Gasteiger partial charge < -0.3 is 26.0 Å². The van der Waals surface area contributed by atoms with Gasteiger partial charge >= 0.3 is 12.0 Å². The number of methoxy groups -OCH3 is 1. The first kappa shape index (κ1) is 15.6. The van der Waals surface area contributed by atoms with Gasteiger partial charge in [0.05, 0.1) is 24.0 Å². The van der Waals surface area contributed by atoms with Crippen molar-refractivity contribution < 1.29 is 14.3 Å². The Labute approximate surface area is 118 Å². The topological polar surface area (TPSA) is 96.7 Å². The molecule has 1 aromatic rings. The Bertz CT molecular complexity index is 489. The van der Waals surface area contributed by atoms with Crippen LogP contribution in [0, 0.1) is 0 Å². The van der Waals surface area contributed by atoms with E-state index in [0.29, 0.717) is 30.0 Å². The number of carbonyl (C=O) groups excluding carboxylic acids is 2. The van der Waals surface area contributed by atoms with E-state index in [9.17, 15) is 9.59 Å². The van der Waals surface area contributed by atoms with Gasteiger partial charge in [-0.2, -0.15) is 0 Å². The molecule has 1 aromatic carbocycles. The molecule has 0 aliphatic carbocycles. The van der Waals surface area contributed by atoms with Gasteiger partial charge in [0, 0.05) is 27.2 Å². The summed E-state index contributed by atoms with van der Waals surface area (Å²) in [5.41, 5.74) is 7.17. The third-order valence-electron chi connectivity index (χ3n) is 2.61. The van der Waals surface area contributed by atoms with Gasteiger partial charge in [0.1, 0.15) is 0 Å². The van der Waals surface area contributed by atoms with Gasteiger partial charge in [0.2, 0.25) is 0 Å². The molecule has 0 saturated carbocycles. The lowest BCUT2D eigenvalue weighted by molar-refractivity contribution is 0.0602. The maximum atomic E-state index is 11.6. The number of benzene rings is 1. The van der Waals surface area contributed by atoms with E-state index in [0.717, 1.165) is 0 Å². The van der Waals surface area contributed by atoms with Crippen molar-refractivity contribution in [3.8, 4) is 0 Å². The van der Waals surface area contributed by atoms with Crippen molar-refractivity contribution in [1.82, 2.24) is 10.2 Å². The van der Waals surface area contributed by atoms with Gasteiger partial charge in [-0.05, 0) is 12.1 Å². The molecule has 1 rings (SSSR count). The fraction of sp³-hybridized carbons (Fsp3) is 0.385. The summed E-state index contributed by atoms with van der Waals surface area (Å²) in [6, 6.07) is 4.82. The molecule has 0 heterocycles. The number of urea groups is 1. The number of nitrogen functional groups attached to an aromatic ring is 1. The number of para-hydroxylation sites is 1. The summed E-state index contributed by atoms with van der Waals surface area (Å²) in [5.74, 6) is -0.461. The number of hydrogen-bond acceptors (Lipinski definition) is 5. The van der Waals surface area contributed by atoms with Crippen LogP contribution in [0.25, 0.3) is 0 Å². The minimum atomic E-state index is -0.461. The van der Waals surface area contributed by atoms with Gasteiger partial charge in [-0.25, -0.2) is 9.59 Å². The van der Waals surface area contributed by atoms with Crippen molar-refractivity contribution in [2.24, 2.45) is 0 Å². The third-order valence-corrected chi connectivity index (χ3v) is 2.61. The standard InChI is InChI=1S/C13H20N4O3/c1-17(2)13(19)16-8-7-15-11-9(12(18)20-3)5-4-6-10(11)14/h4-6,15H,7-8,14H2,1-3H3,(H,16,19). The Hall–Kier alpha value is -2.44. The average molecular weight is 280 g/mol. The molecule has 7 heteroatoms. The summed E-state index contributed by atoms with van der Waals surface area (Å²) in [6.45, 7) is 0.851. The zero-order chi connectivity index (χ0) is 15.1. The van der Waals surface area contributed by atoms with E-state index in [-0.39, 0.29) is 6.03 Å². The number of anilines is 2. The van der Waals surface area contributed by atoms with E-state index in [1.807, 2.05) is 0 Å². The highest BCUT2D eigenvalue weighted by molar-refractivity contribution is 5.98. The second kappa shape index (κ2) is 7.22. The molecular weight excluding hydrogens is 260 g/mol. The smallest absolute Gasteiger partial charge is 0.340 e. The Kier molecular flexibility index (Phi) is 5.64. The van der Waals surface area contributed by atoms with Crippen LogP contribution in [0.2, 0.25) is 0 Å². The van der Waals surface area contributed by atoms with Crippen molar-refractivity contribution in [3.63, 3.8) is 0 Å². The minimum Gasteiger partial charge on any atom is -0.465 e. The molecule has 0 atom stereocenters. The van der Waals surface area contributed by atoms with Gasteiger partial charge in [-0.1, -0.05) is 6.07 Å². The van der Waals surface area contributed by atoms with Crippen LogP contribution in [0.15, 0.2) is 18.2 Å². The van der Waals surface area contributed by atoms with E-state index >= 15 is 0 Å².